The van der Waals surface area contributed by atoms with Gasteiger partial charge >= 0.3 is 0 Å². The zero-order valence-corrected chi connectivity index (χ0v) is 16.7. The molecule has 0 aromatic heterocycles. The molecule has 1 saturated carbocycles. The van der Waals surface area contributed by atoms with Crippen molar-refractivity contribution in [3.8, 4) is 5.75 Å². The van der Waals surface area contributed by atoms with Gasteiger partial charge in [0.2, 0.25) is 0 Å². The van der Waals surface area contributed by atoms with Crippen molar-refractivity contribution in [1.29, 1.82) is 0 Å². The van der Waals surface area contributed by atoms with Crippen LogP contribution in [0, 0.1) is 11.8 Å². The highest BCUT2D eigenvalue weighted by Gasteiger charge is 2.77. The van der Waals surface area contributed by atoms with Gasteiger partial charge in [-0.2, -0.15) is 0 Å². The van der Waals surface area contributed by atoms with Gasteiger partial charge in [-0.25, -0.2) is 0 Å². The zero-order chi connectivity index (χ0) is 20.5. The lowest BCUT2D eigenvalue weighted by atomic mass is 9.52. The summed E-state index contributed by atoms with van der Waals surface area (Å²) in [5, 5.41) is 0. The lowest BCUT2D eigenvalue weighted by Gasteiger charge is -2.58. The van der Waals surface area contributed by atoms with E-state index in [4.69, 9.17) is 4.74 Å². The lowest BCUT2D eigenvalue weighted by Crippen LogP contribution is -2.74. The first-order chi connectivity index (χ1) is 14.6. The largest absolute Gasteiger partial charge is 0.479 e. The Morgan fingerprint density at radius 1 is 1.10 bits per heavy atom. The molecule has 2 aromatic rings. The molecule has 0 N–H and O–H groups in total. The second-order valence-corrected chi connectivity index (χ2v) is 8.87. The Morgan fingerprint density at radius 2 is 1.87 bits per heavy atom. The average Bonchev–Trinajstić information content (AvgIpc) is 2.96. The Hall–Kier alpha value is -2.98. The van der Waals surface area contributed by atoms with E-state index in [1.807, 2.05) is 54.6 Å². The van der Waals surface area contributed by atoms with Crippen LogP contribution in [0.3, 0.4) is 0 Å². The number of ether oxygens (including phenoxy) is 1. The number of carbonyl (C=O) groups is 2. The maximum absolute atomic E-state index is 13.9. The zero-order valence-electron chi connectivity index (χ0n) is 16.7. The monoisotopic (exact) mass is 397 g/mol. The van der Waals surface area contributed by atoms with Crippen LogP contribution in [0.1, 0.15) is 28.8 Å². The molecule has 0 amide bonds. The van der Waals surface area contributed by atoms with E-state index in [1.165, 1.54) is 0 Å². The molecule has 4 unspecified atom stereocenters. The Bertz CT molecular complexity index is 1120. The number of Topliss-reactive ketones (excluding diaryl/α,β-unsaturated/α-hetero) is 2. The molecule has 5 aliphatic rings. The number of carbonyl (C=O) groups excluding carboxylic acids is 2. The predicted molar refractivity (Wildman–Crippen MR) is 113 cm³/mol. The number of nitrogens with zero attached hydrogens (tertiary/aromatic N) is 1. The smallest absolute Gasteiger partial charge is 0.196 e. The molecule has 2 heterocycles. The first kappa shape index (κ1) is 17.8. The normalized spacial score (nSPS) is 33.5. The topological polar surface area (TPSA) is 46.6 Å². The summed E-state index contributed by atoms with van der Waals surface area (Å²) < 4.78 is 6.76. The van der Waals surface area contributed by atoms with Crippen molar-refractivity contribution in [2.24, 2.45) is 11.8 Å². The van der Waals surface area contributed by atoms with Crippen LogP contribution in [0.4, 0.5) is 0 Å². The molecule has 4 heteroatoms. The van der Waals surface area contributed by atoms with Crippen molar-refractivity contribution in [3.63, 3.8) is 0 Å². The summed E-state index contributed by atoms with van der Waals surface area (Å²) in [5.41, 5.74) is 0.594. The van der Waals surface area contributed by atoms with Crippen molar-refractivity contribution >= 4 is 11.6 Å². The second-order valence-electron chi connectivity index (χ2n) is 8.87. The third kappa shape index (κ3) is 1.95. The van der Waals surface area contributed by atoms with Gasteiger partial charge in [0.1, 0.15) is 11.3 Å². The van der Waals surface area contributed by atoms with Crippen LogP contribution in [0.5, 0.6) is 5.75 Å². The predicted octanol–water partition coefficient (Wildman–Crippen LogP) is 3.98. The molecule has 2 aliphatic heterocycles. The maximum Gasteiger partial charge on any atom is 0.196 e. The van der Waals surface area contributed by atoms with Gasteiger partial charge in [-0.05, 0) is 30.5 Å². The first-order valence-corrected chi connectivity index (χ1v) is 10.6. The minimum atomic E-state index is -0.937. The Balaban J connectivity index is 1.57. The molecule has 4 nitrogen and oxygen atoms in total. The molecule has 30 heavy (non-hydrogen) atoms. The summed E-state index contributed by atoms with van der Waals surface area (Å²) in [6, 6.07) is 17.6. The summed E-state index contributed by atoms with van der Waals surface area (Å²) in [4.78, 5) is 29.7. The first-order valence-electron chi connectivity index (χ1n) is 10.6. The number of hydrogen-bond donors (Lipinski definition) is 0. The van der Waals surface area contributed by atoms with Crippen molar-refractivity contribution < 1.29 is 14.3 Å². The number of benzene rings is 2. The van der Waals surface area contributed by atoms with Crippen molar-refractivity contribution in [2.75, 3.05) is 6.54 Å². The second kappa shape index (κ2) is 6.02. The van der Waals surface area contributed by atoms with Gasteiger partial charge in [-0.1, -0.05) is 54.6 Å². The number of para-hydroxylation sites is 1. The van der Waals surface area contributed by atoms with Gasteiger partial charge in [0.15, 0.2) is 17.2 Å². The van der Waals surface area contributed by atoms with Gasteiger partial charge < -0.3 is 4.74 Å². The number of rotatable bonds is 4. The molecule has 0 radical (unpaired) electrons. The van der Waals surface area contributed by atoms with E-state index < -0.39 is 11.1 Å². The summed E-state index contributed by atoms with van der Waals surface area (Å²) in [6.07, 6.45) is 4.94. The highest BCUT2D eigenvalue weighted by molar-refractivity contribution is 6.16. The van der Waals surface area contributed by atoms with Gasteiger partial charge in [0.05, 0.1) is 5.56 Å². The molecule has 4 bridgehead atoms. The highest BCUT2D eigenvalue weighted by Crippen LogP contribution is 2.63. The molecule has 2 aromatic carbocycles. The number of likely N-dealkylation sites (tertiary alicyclic amines) is 1. The standard InChI is InChI=1S/C26H23NO3/c1-2-12-25-24(29)18-13-19(16-27(25)15-17-8-4-3-5-9-17)26(25)21(14-18)23(28)20-10-6-7-11-22(20)30-26/h2-11,14,18-19H,1,12-13,15-16H2. The quantitative estimate of drug-likeness (QED) is 0.733. The molecule has 4 atom stereocenters. The van der Waals surface area contributed by atoms with E-state index in [0.717, 1.165) is 18.5 Å². The van der Waals surface area contributed by atoms with Gasteiger partial charge in [-0.3, -0.25) is 14.5 Å². The van der Waals surface area contributed by atoms with Gasteiger partial charge in [0.25, 0.3) is 0 Å². The lowest BCUT2D eigenvalue weighted by molar-refractivity contribution is -0.151. The molecule has 1 saturated heterocycles. The van der Waals surface area contributed by atoms with Crippen molar-refractivity contribution in [1.82, 2.24) is 4.90 Å². The minimum Gasteiger partial charge on any atom is -0.479 e. The number of hydrogen-bond acceptors (Lipinski definition) is 4. The molecule has 150 valence electrons. The molecular formula is C26H23NO3. The number of fused-ring (bicyclic) bond motifs is 1. The van der Waals surface area contributed by atoms with E-state index in [0.29, 0.717) is 29.9 Å². The number of allylic oxidation sites excluding steroid dienone is 1. The third-order valence-corrected chi connectivity index (χ3v) is 7.52. The van der Waals surface area contributed by atoms with Crippen LogP contribution >= 0.6 is 0 Å². The van der Waals surface area contributed by atoms with E-state index in [2.05, 4.69) is 23.6 Å². The fraction of sp³-hybridized carbons (Fsp3) is 0.308. The molecule has 2 fully saturated rings. The SMILES string of the molecule is C=CCC12C(=O)C3C=C4C(=O)c5ccccc5OC41C(C3)CN2Cc1ccccc1. The summed E-state index contributed by atoms with van der Waals surface area (Å²) in [6.45, 7) is 5.37. The van der Waals surface area contributed by atoms with Crippen LogP contribution in [0.15, 0.2) is 78.9 Å². The van der Waals surface area contributed by atoms with E-state index in [9.17, 15) is 9.59 Å². The number of ketones is 2. The van der Waals surface area contributed by atoms with E-state index in [1.54, 1.807) is 0 Å². The minimum absolute atomic E-state index is 0.00838. The highest BCUT2D eigenvalue weighted by atomic mass is 16.5. The Morgan fingerprint density at radius 3 is 2.67 bits per heavy atom. The maximum atomic E-state index is 13.9. The van der Waals surface area contributed by atoms with Crippen molar-refractivity contribution in [2.45, 2.75) is 30.5 Å². The van der Waals surface area contributed by atoms with Crippen LogP contribution in [-0.2, 0) is 11.3 Å². The fourth-order valence-electron chi connectivity index (χ4n) is 6.46. The van der Waals surface area contributed by atoms with Crippen molar-refractivity contribution in [3.05, 3.63) is 90.0 Å². The molecule has 7 rings (SSSR count). The van der Waals surface area contributed by atoms with Crippen LogP contribution < -0.4 is 4.74 Å². The van der Waals surface area contributed by atoms with Crippen LogP contribution in [0.25, 0.3) is 0 Å². The summed E-state index contributed by atoms with van der Waals surface area (Å²) in [7, 11) is 0. The third-order valence-electron chi connectivity index (χ3n) is 7.52. The van der Waals surface area contributed by atoms with Gasteiger partial charge in [0, 0.05) is 30.5 Å². The molecule has 3 aliphatic carbocycles. The summed E-state index contributed by atoms with van der Waals surface area (Å²) >= 11 is 0. The molecular weight excluding hydrogens is 374 g/mol. The van der Waals surface area contributed by atoms with Gasteiger partial charge in [-0.15, -0.1) is 6.58 Å². The van der Waals surface area contributed by atoms with Crippen LogP contribution in [0.2, 0.25) is 0 Å². The summed E-state index contributed by atoms with van der Waals surface area (Å²) in [5.74, 6) is 0.636. The Kier molecular flexibility index (Phi) is 3.58. The van der Waals surface area contributed by atoms with E-state index in [-0.39, 0.29) is 23.4 Å². The van der Waals surface area contributed by atoms with E-state index >= 15 is 0 Å². The van der Waals surface area contributed by atoms with Crippen LogP contribution in [-0.4, -0.2) is 34.2 Å². The fourth-order valence-corrected chi connectivity index (χ4v) is 6.46. The Labute approximate surface area is 175 Å². The average molecular weight is 397 g/mol. The molecule has 1 spiro atoms.